The molecular formula is C17H17NO2. The van der Waals surface area contributed by atoms with Gasteiger partial charge in [-0.15, -0.1) is 0 Å². The third-order valence-electron chi connectivity index (χ3n) is 2.88. The average molecular weight is 267 g/mol. The number of carbonyl (C=O) groups excluding carboxylic acids is 1. The van der Waals surface area contributed by atoms with Crippen molar-refractivity contribution in [3.05, 3.63) is 71.9 Å². The first-order chi connectivity index (χ1) is 9.69. The molecule has 0 radical (unpaired) electrons. The standard InChI is InChI=1S/C17H17NO2/c1-13-4-3-5-15(12-13)18-11-10-17(19)14-6-8-16(20-2)9-7-14/h3-12,18H,1-2H3/b11-10+. The maximum absolute atomic E-state index is 11.9. The second kappa shape index (κ2) is 6.57. The molecule has 0 heterocycles. The number of rotatable bonds is 5. The van der Waals surface area contributed by atoms with Crippen molar-refractivity contribution >= 4 is 11.5 Å². The summed E-state index contributed by atoms with van der Waals surface area (Å²) in [5.41, 5.74) is 2.77. The van der Waals surface area contributed by atoms with E-state index in [-0.39, 0.29) is 5.78 Å². The first-order valence-corrected chi connectivity index (χ1v) is 6.37. The van der Waals surface area contributed by atoms with Crippen molar-refractivity contribution in [1.29, 1.82) is 0 Å². The van der Waals surface area contributed by atoms with Crippen LogP contribution >= 0.6 is 0 Å². The normalized spacial score (nSPS) is 10.5. The predicted molar refractivity (Wildman–Crippen MR) is 81.3 cm³/mol. The number of allylic oxidation sites excluding steroid dienone is 1. The quantitative estimate of drug-likeness (QED) is 0.661. The third-order valence-corrected chi connectivity index (χ3v) is 2.88. The van der Waals surface area contributed by atoms with Crippen LogP contribution in [0.15, 0.2) is 60.8 Å². The lowest BCUT2D eigenvalue weighted by molar-refractivity contribution is 0.104. The second-order valence-corrected chi connectivity index (χ2v) is 4.44. The van der Waals surface area contributed by atoms with Crippen molar-refractivity contribution in [3.63, 3.8) is 0 Å². The van der Waals surface area contributed by atoms with Crippen LogP contribution in [0.5, 0.6) is 5.75 Å². The minimum absolute atomic E-state index is 0.0483. The van der Waals surface area contributed by atoms with Gasteiger partial charge in [-0.05, 0) is 48.9 Å². The Kier molecular flexibility index (Phi) is 4.56. The molecule has 0 aliphatic carbocycles. The maximum Gasteiger partial charge on any atom is 0.187 e. The van der Waals surface area contributed by atoms with Crippen molar-refractivity contribution in [2.45, 2.75) is 6.92 Å². The largest absolute Gasteiger partial charge is 0.497 e. The molecule has 2 aromatic carbocycles. The molecule has 0 aliphatic heterocycles. The first-order valence-electron chi connectivity index (χ1n) is 6.37. The molecule has 1 N–H and O–H groups in total. The Morgan fingerprint density at radius 1 is 1.15 bits per heavy atom. The highest BCUT2D eigenvalue weighted by Gasteiger charge is 2.01. The maximum atomic E-state index is 11.9. The van der Waals surface area contributed by atoms with Gasteiger partial charge in [0.1, 0.15) is 5.75 Å². The summed E-state index contributed by atoms with van der Waals surface area (Å²) < 4.78 is 5.06. The Morgan fingerprint density at radius 3 is 2.55 bits per heavy atom. The molecule has 0 aromatic heterocycles. The summed E-state index contributed by atoms with van der Waals surface area (Å²) in [6.45, 7) is 2.03. The summed E-state index contributed by atoms with van der Waals surface area (Å²) in [6.07, 6.45) is 3.17. The molecule has 0 saturated heterocycles. The molecule has 0 amide bonds. The summed E-state index contributed by atoms with van der Waals surface area (Å²) in [7, 11) is 1.60. The number of carbonyl (C=O) groups is 1. The van der Waals surface area contributed by atoms with E-state index in [9.17, 15) is 4.79 Å². The third kappa shape index (κ3) is 3.72. The van der Waals surface area contributed by atoms with Gasteiger partial charge >= 0.3 is 0 Å². The Morgan fingerprint density at radius 2 is 1.90 bits per heavy atom. The molecule has 2 rings (SSSR count). The first kappa shape index (κ1) is 13.9. The number of hydrogen-bond acceptors (Lipinski definition) is 3. The molecule has 3 nitrogen and oxygen atoms in total. The van der Waals surface area contributed by atoms with Gasteiger partial charge in [-0.3, -0.25) is 4.79 Å². The van der Waals surface area contributed by atoms with Crippen LogP contribution in [0.3, 0.4) is 0 Å². The van der Waals surface area contributed by atoms with Crippen molar-refractivity contribution in [2.75, 3.05) is 12.4 Å². The van der Waals surface area contributed by atoms with E-state index in [2.05, 4.69) is 5.32 Å². The van der Waals surface area contributed by atoms with Crippen LogP contribution in [0.2, 0.25) is 0 Å². The molecule has 0 bridgehead atoms. The molecule has 102 valence electrons. The van der Waals surface area contributed by atoms with Crippen molar-refractivity contribution in [2.24, 2.45) is 0 Å². The van der Waals surface area contributed by atoms with Crippen LogP contribution < -0.4 is 10.1 Å². The molecular weight excluding hydrogens is 250 g/mol. The van der Waals surface area contributed by atoms with Crippen LogP contribution in [0.1, 0.15) is 15.9 Å². The van der Waals surface area contributed by atoms with E-state index in [0.29, 0.717) is 5.56 Å². The molecule has 0 saturated carbocycles. The number of ether oxygens (including phenoxy) is 1. The van der Waals surface area contributed by atoms with E-state index in [1.54, 1.807) is 37.6 Å². The molecule has 0 atom stereocenters. The number of methoxy groups -OCH3 is 1. The number of benzene rings is 2. The molecule has 3 heteroatoms. The molecule has 20 heavy (non-hydrogen) atoms. The van der Waals surface area contributed by atoms with Crippen molar-refractivity contribution in [3.8, 4) is 5.75 Å². The van der Waals surface area contributed by atoms with Crippen LogP contribution in [-0.4, -0.2) is 12.9 Å². The molecule has 2 aromatic rings. The van der Waals surface area contributed by atoms with Gasteiger partial charge in [0.15, 0.2) is 5.78 Å². The van der Waals surface area contributed by atoms with Gasteiger partial charge in [0.2, 0.25) is 0 Å². The Bertz CT molecular complexity index is 615. The van der Waals surface area contributed by atoms with Crippen LogP contribution in [0.25, 0.3) is 0 Å². The van der Waals surface area contributed by atoms with Gasteiger partial charge < -0.3 is 10.1 Å². The fraction of sp³-hybridized carbons (Fsp3) is 0.118. The van der Waals surface area contributed by atoms with Crippen molar-refractivity contribution in [1.82, 2.24) is 0 Å². The van der Waals surface area contributed by atoms with E-state index in [1.165, 1.54) is 11.6 Å². The van der Waals surface area contributed by atoms with Gasteiger partial charge in [-0.1, -0.05) is 12.1 Å². The summed E-state index contributed by atoms with van der Waals surface area (Å²) in [5, 5.41) is 3.08. The number of hydrogen-bond donors (Lipinski definition) is 1. The SMILES string of the molecule is COc1ccc(C(=O)/C=C/Nc2cccc(C)c2)cc1. The minimum atomic E-state index is -0.0483. The predicted octanol–water partition coefficient (Wildman–Crippen LogP) is 3.81. The topological polar surface area (TPSA) is 38.3 Å². The van der Waals surface area contributed by atoms with E-state index in [0.717, 1.165) is 11.4 Å². The summed E-state index contributed by atoms with van der Waals surface area (Å²) >= 11 is 0. The molecule has 0 unspecified atom stereocenters. The van der Waals surface area contributed by atoms with Gasteiger partial charge in [-0.2, -0.15) is 0 Å². The fourth-order valence-corrected chi connectivity index (χ4v) is 1.80. The van der Waals surface area contributed by atoms with E-state index in [4.69, 9.17) is 4.74 Å². The highest BCUT2D eigenvalue weighted by atomic mass is 16.5. The zero-order valence-electron chi connectivity index (χ0n) is 11.6. The van der Waals surface area contributed by atoms with Gasteiger partial charge in [0.25, 0.3) is 0 Å². The minimum Gasteiger partial charge on any atom is -0.497 e. The molecule has 0 spiro atoms. The van der Waals surface area contributed by atoms with Crippen LogP contribution in [0, 0.1) is 6.92 Å². The number of aryl methyl sites for hydroxylation is 1. The fourth-order valence-electron chi connectivity index (χ4n) is 1.80. The van der Waals surface area contributed by atoms with E-state index >= 15 is 0 Å². The van der Waals surface area contributed by atoms with E-state index < -0.39 is 0 Å². The van der Waals surface area contributed by atoms with Gasteiger partial charge in [0, 0.05) is 23.5 Å². The number of anilines is 1. The lowest BCUT2D eigenvalue weighted by Gasteiger charge is -2.02. The second-order valence-electron chi connectivity index (χ2n) is 4.44. The van der Waals surface area contributed by atoms with Gasteiger partial charge in [-0.25, -0.2) is 0 Å². The van der Waals surface area contributed by atoms with Gasteiger partial charge in [0.05, 0.1) is 7.11 Å². The van der Waals surface area contributed by atoms with Crippen molar-refractivity contribution < 1.29 is 9.53 Å². The summed E-state index contributed by atoms with van der Waals surface area (Å²) in [4.78, 5) is 11.9. The van der Waals surface area contributed by atoms with E-state index in [1.807, 2.05) is 31.2 Å². The zero-order chi connectivity index (χ0) is 14.4. The average Bonchev–Trinajstić information content (AvgIpc) is 2.47. The van der Waals surface area contributed by atoms with Crippen LogP contribution in [0.4, 0.5) is 5.69 Å². The summed E-state index contributed by atoms with van der Waals surface area (Å²) in [5.74, 6) is 0.691. The highest BCUT2D eigenvalue weighted by molar-refractivity contribution is 6.04. The highest BCUT2D eigenvalue weighted by Crippen LogP contribution is 2.12. The Labute approximate surface area is 118 Å². The molecule has 0 aliphatic rings. The number of ketones is 1. The number of nitrogens with one attached hydrogen (secondary N) is 1. The zero-order valence-corrected chi connectivity index (χ0v) is 11.6. The lowest BCUT2D eigenvalue weighted by Crippen LogP contribution is -1.96. The molecule has 0 fully saturated rings. The Hall–Kier alpha value is -2.55. The summed E-state index contributed by atoms with van der Waals surface area (Å²) in [6, 6.07) is 15.0. The monoisotopic (exact) mass is 267 g/mol. The lowest BCUT2D eigenvalue weighted by atomic mass is 10.1. The van der Waals surface area contributed by atoms with Crippen LogP contribution in [-0.2, 0) is 0 Å². The smallest absolute Gasteiger partial charge is 0.187 e. The Balaban J connectivity index is 1.98.